The van der Waals surface area contributed by atoms with Crippen LogP contribution in [0.4, 0.5) is 0 Å². The predicted molar refractivity (Wildman–Crippen MR) is 98.4 cm³/mol. The van der Waals surface area contributed by atoms with Crippen molar-refractivity contribution >= 4 is 10.0 Å². The number of benzene rings is 1. The third-order valence-electron chi connectivity index (χ3n) is 4.24. The van der Waals surface area contributed by atoms with E-state index >= 15 is 0 Å². The third-order valence-corrected chi connectivity index (χ3v) is 5.91. The van der Waals surface area contributed by atoms with E-state index in [1.807, 2.05) is 49.4 Å². The molecule has 7 heteroatoms. The van der Waals surface area contributed by atoms with E-state index in [0.29, 0.717) is 5.69 Å². The van der Waals surface area contributed by atoms with Crippen LogP contribution in [0.5, 0.6) is 0 Å². The maximum Gasteiger partial charge on any atom is 0.245 e. The molecule has 1 unspecified atom stereocenters. The molecule has 2 aromatic heterocycles. The van der Waals surface area contributed by atoms with Gasteiger partial charge in [-0.2, -0.15) is 0 Å². The minimum absolute atomic E-state index is 0.0983. The van der Waals surface area contributed by atoms with Crippen molar-refractivity contribution in [3.63, 3.8) is 0 Å². The first-order valence-corrected chi connectivity index (χ1v) is 9.77. The largest absolute Gasteiger partial charge is 0.360 e. The average molecular weight is 371 g/mol. The molecule has 1 atom stereocenters. The molecule has 3 rings (SSSR count). The molecule has 0 aliphatic rings. The van der Waals surface area contributed by atoms with Crippen molar-refractivity contribution in [2.24, 2.45) is 0 Å². The number of hydrogen-bond acceptors (Lipinski definition) is 5. The summed E-state index contributed by atoms with van der Waals surface area (Å²) in [5.74, 6) is 0.0757. The summed E-state index contributed by atoms with van der Waals surface area (Å²) >= 11 is 0. The molecule has 0 saturated heterocycles. The SMILES string of the molecule is Cc1ccc(C(CNS(=O)(=O)c2c(C)noc2C)c2ccccn2)cc1. The van der Waals surface area contributed by atoms with Crippen LogP contribution in [-0.4, -0.2) is 25.1 Å². The quantitative estimate of drug-likeness (QED) is 0.720. The molecular formula is C19H21N3O3S. The first-order chi connectivity index (χ1) is 12.4. The topological polar surface area (TPSA) is 85.1 Å². The highest BCUT2D eigenvalue weighted by Gasteiger charge is 2.26. The monoisotopic (exact) mass is 371 g/mol. The van der Waals surface area contributed by atoms with Gasteiger partial charge in [0.15, 0.2) is 5.76 Å². The summed E-state index contributed by atoms with van der Waals surface area (Å²) in [6.07, 6.45) is 1.71. The van der Waals surface area contributed by atoms with Crippen molar-refractivity contribution in [2.75, 3.05) is 6.54 Å². The van der Waals surface area contributed by atoms with E-state index in [-0.39, 0.29) is 23.1 Å². The lowest BCUT2D eigenvalue weighted by molar-refractivity contribution is 0.390. The molecule has 2 heterocycles. The first-order valence-electron chi connectivity index (χ1n) is 8.28. The van der Waals surface area contributed by atoms with E-state index < -0.39 is 10.0 Å². The standard InChI is InChI=1S/C19H21N3O3S/c1-13-7-9-16(10-8-13)17(18-6-4-5-11-20-18)12-21-26(23,24)19-14(2)22-25-15(19)3/h4-11,17,21H,12H2,1-3H3. The molecule has 0 aliphatic heterocycles. The number of rotatable bonds is 6. The smallest absolute Gasteiger partial charge is 0.245 e. The van der Waals surface area contributed by atoms with Crippen LogP contribution in [0.1, 0.15) is 34.2 Å². The second-order valence-corrected chi connectivity index (χ2v) is 7.93. The molecule has 1 N–H and O–H groups in total. The van der Waals surface area contributed by atoms with E-state index in [9.17, 15) is 8.42 Å². The molecule has 26 heavy (non-hydrogen) atoms. The zero-order valence-corrected chi connectivity index (χ0v) is 15.7. The van der Waals surface area contributed by atoms with Gasteiger partial charge in [-0.05, 0) is 38.5 Å². The van der Waals surface area contributed by atoms with Gasteiger partial charge < -0.3 is 4.52 Å². The number of aryl methyl sites for hydroxylation is 3. The highest BCUT2D eigenvalue weighted by Crippen LogP contribution is 2.24. The molecular weight excluding hydrogens is 350 g/mol. The van der Waals surface area contributed by atoms with E-state index in [1.54, 1.807) is 20.0 Å². The molecule has 1 aromatic carbocycles. The van der Waals surface area contributed by atoms with Crippen molar-refractivity contribution in [1.82, 2.24) is 14.9 Å². The Bertz CT molecular complexity index is 961. The minimum Gasteiger partial charge on any atom is -0.360 e. The Morgan fingerprint density at radius 2 is 1.81 bits per heavy atom. The van der Waals surface area contributed by atoms with Crippen LogP contribution < -0.4 is 4.72 Å². The van der Waals surface area contributed by atoms with Gasteiger partial charge in [-0.15, -0.1) is 0 Å². The normalized spacial score (nSPS) is 12.9. The molecule has 136 valence electrons. The highest BCUT2D eigenvalue weighted by atomic mass is 32.2. The fraction of sp³-hybridized carbons (Fsp3) is 0.263. The van der Waals surface area contributed by atoms with E-state index in [4.69, 9.17) is 4.52 Å². The Balaban J connectivity index is 1.90. The van der Waals surface area contributed by atoms with Gasteiger partial charge in [0.1, 0.15) is 10.6 Å². The Labute approximate surface area is 153 Å². The summed E-state index contributed by atoms with van der Waals surface area (Å²) in [7, 11) is -3.73. The zero-order chi connectivity index (χ0) is 18.7. The summed E-state index contributed by atoms with van der Waals surface area (Å²) in [5.41, 5.74) is 3.29. The van der Waals surface area contributed by atoms with Crippen LogP contribution in [0, 0.1) is 20.8 Å². The molecule has 0 aliphatic carbocycles. The van der Waals surface area contributed by atoms with Gasteiger partial charge in [0.2, 0.25) is 10.0 Å². The lowest BCUT2D eigenvalue weighted by atomic mass is 9.94. The van der Waals surface area contributed by atoms with Crippen LogP contribution in [-0.2, 0) is 10.0 Å². The zero-order valence-electron chi connectivity index (χ0n) is 14.9. The van der Waals surface area contributed by atoms with Crippen LogP contribution in [0.2, 0.25) is 0 Å². The van der Waals surface area contributed by atoms with Gasteiger partial charge in [-0.1, -0.05) is 41.1 Å². The number of nitrogens with one attached hydrogen (secondary N) is 1. The predicted octanol–water partition coefficient (Wildman–Crippen LogP) is 3.11. The Morgan fingerprint density at radius 1 is 1.08 bits per heavy atom. The second kappa shape index (κ2) is 7.39. The second-order valence-electron chi connectivity index (χ2n) is 6.22. The molecule has 0 spiro atoms. The Kier molecular flexibility index (Phi) is 5.20. The minimum atomic E-state index is -3.73. The van der Waals surface area contributed by atoms with Crippen LogP contribution in [0.25, 0.3) is 0 Å². The van der Waals surface area contributed by atoms with Gasteiger partial charge in [-0.3, -0.25) is 4.98 Å². The molecule has 0 bridgehead atoms. The summed E-state index contributed by atoms with van der Waals surface area (Å²) in [6.45, 7) is 5.40. The summed E-state index contributed by atoms with van der Waals surface area (Å²) in [6, 6.07) is 13.6. The summed E-state index contributed by atoms with van der Waals surface area (Å²) in [4.78, 5) is 4.51. The lowest BCUT2D eigenvalue weighted by Crippen LogP contribution is -2.30. The number of hydrogen-bond donors (Lipinski definition) is 1. The van der Waals surface area contributed by atoms with Gasteiger partial charge in [0, 0.05) is 24.4 Å². The highest BCUT2D eigenvalue weighted by molar-refractivity contribution is 7.89. The van der Waals surface area contributed by atoms with Crippen LogP contribution in [0.3, 0.4) is 0 Å². The maximum atomic E-state index is 12.7. The summed E-state index contributed by atoms with van der Waals surface area (Å²) in [5, 5.41) is 3.73. The molecule has 0 amide bonds. The van der Waals surface area contributed by atoms with Crippen molar-refractivity contribution in [1.29, 1.82) is 0 Å². The van der Waals surface area contributed by atoms with Gasteiger partial charge in [0.05, 0.1) is 0 Å². The fourth-order valence-electron chi connectivity index (χ4n) is 2.90. The van der Waals surface area contributed by atoms with Crippen LogP contribution in [0.15, 0.2) is 58.1 Å². The fourth-order valence-corrected chi connectivity index (χ4v) is 4.27. The maximum absolute atomic E-state index is 12.7. The Hall–Kier alpha value is -2.51. The number of sulfonamides is 1. The van der Waals surface area contributed by atoms with E-state index in [0.717, 1.165) is 16.8 Å². The molecule has 0 radical (unpaired) electrons. The molecule has 0 saturated carbocycles. The first kappa shape index (κ1) is 18.3. The van der Waals surface area contributed by atoms with Crippen molar-refractivity contribution < 1.29 is 12.9 Å². The van der Waals surface area contributed by atoms with Crippen molar-refractivity contribution in [2.45, 2.75) is 31.6 Å². The number of pyridine rings is 1. The van der Waals surface area contributed by atoms with Gasteiger partial charge >= 0.3 is 0 Å². The van der Waals surface area contributed by atoms with E-state index in [1.165, 1.54) is 0 Å². The molecule has 0 fully saturated rings. The van der Waals surface area contributed by atoms with Crippen LogP contribution >= 0.6 is 0 Å². The van der Waals surface area contributed by atoms with Gasteiger partial charge in [0.25, 0.3) is 0 Å². The lowest BCUT2D eigenvalue weighted by Gasteiger charge is -2.18. The number of nitrogens with zero attached hydrogens (tertiary/aromatic N) is 2. The average Bonchev–Trinajstić information content (AvgIpc) is 2.97. The van der Waals surface area contributed by atoms with E-state index in [2.05, 4.69) is 14.9 Å². The van der Waals surface area contributed by atoms with Crippen molar-refractivity contribution in [3.05, 3.63) is 76.9 Å². The molecule has 6 nitrogen and oxygen atoms in total. The summed E-state index contributed by atoms with van der Waals surface area (Å²) < 4.78 is 33.1. The number of aromatic nitrogens is 2. The van der Waals surface area contributed by atoms with Crippen molar-refractivity contribution in [3.8, 4) is 0 Å². The van der Waals surface area contributed by atoms with Gasteiger partial charge in [-0.25, -0.2) is 13.1 Å². The Morgan fingerprint density at radius 3 is 2.38 bits per heavy atom. The molecule has 3 aromatic rings. The third kappa shape index (κ3) is 3.84.